The molecule has 2 saturated heterocycles. The van der Waals surface area contributed by atoms with E-state index in [1.807, 2.05) is 0 Å². The molecule has 2 atom stereocenters. The van der Waals surface area contributed by atoms with E-state index in [4.69, 9.17) is 0 Å². The molecule has 0 saturated carbocycles. The molecule has 2 heterocycles. The van der Waals surface area contributed by atoms with Gasteiger partial charge in [0, 0.05) is 0 Å². The maximum atomic E-state index is 13.4. The van der Waals surface area contributed by atoms with Crippen LogP contribution in [0.1, 0.15) is 36.8 Å². The Hall–Kier alpha value is -1.15. The highest BCUT2D eigenvalue weighted by molar-refractivity contribution is 7.93. The summed E-state index contributed by atoms with van der Waals surface area (Å²) < 4.78 is 76.8. The molecule has 0 spiro atoms. The third kappa shape index (κ3) is 2.32. The molecular weight excluding hydrogens is 324 g/mol. The van der Waals surface area contributed by atoms with E-state index in [2.05, 4.69) is 0 Å². The van der Waals surface area contributed by atoms with Crippen LogP contribution in [0.15, 0.2) is 18.2 Å². The average molecular weight is 338 g/mol. The summed E-state index contributed by atoms with van der Waals surface area (Å²) in [5.41, 5.74) is -3.65. The van der Waals surface area contributed by atoms with Gasteiger partial charge < -0.3 is 5.11 Å². The predicted octanol–water partition coefficient (Wildman–Crippen LogP) is 2.77. The second kappa shape index (κ2) is 4.67. The Morgan fingerprint density at radius 3 is 2.18 bits per heavy atom. The van der Waals surface area contributed by atoms with Gasteiger partial charge in [0.15, 0.2) is 9.84 Å². The van der Waals surface area contributed by atoms with Crippen molar-refractivity contribution >= 4 is 9.84 Å². The number of benzene rings is 1. The zero-order chi connectivity index (χ0) is 16.3. The van der Waals surface area contributed by atoms with Crippen LogP contribution in [-0.4, -0.2) is 24.0 Å². The lowest BCUT2D eigenvalue weighted by Crippen LogP contribution is -2.44. The van der Waals surface area contributed by atoms with E-state index in [1.165, 1.54) is 0 Å². The first-order chi connectivity index (χ1) is 10.0. The van der Waals surface area contributed by atoms with Gasteiger partial charge in [-0.3, -0.25) is 0 Å². The average Bonchev–Trinajstić information content (AvgIpc) is 2.58. The minimum Gasteiger partial charge on any atom is -0.385 e. The van der Waals surface area contributed by atoms with Crippen molar-refractivity contribution in [1.82, 2.24) is 0 Å². The molecule has 1 N–H and O–H groups in total. The minimum absolute atomic E-state index is 0.321. The van der Waals surface area contributed by atoms with Gasteiger partial charge >= 0.3 is 6.18 Å². The van der Waals surface area contributed by atoms with Crippen molar-refractivity contribution < 1.29 is 31.1 Å². The number of hydrogen-bond donors (Lipinski definition) is 1. The molecule has 8 heteroatoms. The quantitative estimate of drug-likeness (QED) is 0.801. The van der Waals surface area contributed by atoms with Crippen LogP contribution in [-0.2, 0) is 21.6 Å². The lowest BCUT2D eigenvalue weighted by molar-refractivity contribution is -0.141. The summed E-state index contributed by atoms with van der Waals surface area (Å²) in [4.78, 5) is 0. The Kier molecular flexibility index (Phi) is 3.34. The van der Waals surface area contributed by atoms with Gasteiger partial charge in [0.25, 0.3) is 0 Å². The first-order valence-electron chi connectivity index (χ1n) is 6.86. The highest BCUT2D eigenvalue weighted by Crippen LogP contribution is 2.50. The molecule has 0 aromatic heterocycles. The summed E-state index contributed by atoms with van der Waals surface area (Å²) in [6.45, 7) is 0. The van der Waals surface area contributed by atoms with E-state index in [0.29, 0.717) is 31.0 Å². The Balaban J connectivity index is 2.10. The number of alkyl halides is 3. The molecule has 2 bridgehead atoms. The number of fused-ring (bicyclic) bond motifs is 2. The molecule has 2 unspecified atom stereocenters. The molecule has 3 nitrogen and oxygen atoms in total. The summed E-state index contributed by atoms with van der Waals surface area (Å²) in [5.74, 6) is -0.891. The van der Waals surface area contributed by atoms with Gasteiger partial charge in [0.05, 0.1) is 21.7 Å². The predicted molar refractivity (Wildman–Crippen MR) is 70.3 cm³/mol. The highest BCUT2D eigenvalue weighted by Gasteiger charge is 2.54. The van der Waals surface area contributed by atoms with Crippen molar-refractivity contribution in [3.05, 3.63) is 35.1 Å². The second-order valence-electron chi connectivity index (χ2n) is 6.04. The first-order valence-corrected chi connectivity index (χ1v) is 8.47. The molecule has 2 aliphatic rings. The van der Waals surface area contributed by atoms with Gasteiger partial charge in [0.1, 0.15) is 5.82 Å². The number of rotatable bonds is 1. The summed E-state index contributed by atoms with van der Waals surface area (Å²) in [5, 5.41) is 8.97. The molecule has 1 aromatic rings. The summed E-state index contributed by atoms with van der Waals surface area (Å²) in [6.07, 6.45) is -4.73. The molecule has 2 aliphatic heterocycles. The molecule has 2 fully saturated rings. The second-order valence-corrected chi connectivity index (χ2v) is 8.55. The van der Waals surface area contributed by atoms with Crippen molar-refractivity contribution in [1.29, 1.82) is 0 Å². The topological polar surface area (TPSA) is 54.4 Å². The van der Waals surface area contributed by atoms with Gasteiger partial charge in [0.2, 0.25) is 0 Å². The molecule has 0 amide bonds. The Labute approximate surface area is 124 Å². The lowest BCUT2D eigenvalue weighted by atomic mass is 9.83. The van der Waals surface area contributed by atoms with Gasteiger partial charge in [-0.05, 0) is 49.4 Å². The van der Waals surface area contributed by atoms with E-state index in [0.717, 1.165) is 0 Å². The molecular formula is C14H14F4O3S. The van der Waals surface area contributed by atoms with Gasteiger partial charge in [-0.2, -0.15) is 13.2 Å². The van der Waals surface area contributed by atoms with Crippen LogP contribution in [0.3, 0.4) is 0 Å². The summed E-state index contributed by atoms with van der Waals surface area (Å²) >= 11 is 0. The molecule has 1 aromatic carbocycles. The maximum Gasteiger partial charge on any atom is 0.416 e. The van der Waals surface area contributed by atoms with Crippen molar-refractivity contribution in [3.63, 3.8) is 0 Å². The standard InChI is InChI=1S/C14H14F4O3S/c15-8-1-4-11(14(16,17)18)12(5-8)13(19)6-9-2-3-10(7-13)22(9,20)21/h1,4-5,9-10,19H,2-3,6-7H2. The van der Waals surface area contributed by atoms with E-state index < -0.39 is 49.1 Å². The van der Waals surface area contributed by atoms with Crippen LogP contribution in [0.25, 0.3) is 0 Å². The smallest absolute Gasteiger partial charge is 0.385 e. The largest absolute Gasteiger partial charge is 0.416 e. The zero-order valence-corrected chi connectivity index (χ0v) is 12.2. The summed E-state index contributed by atoms with van der Waals surface area (Å²) in [6, 6.07) is 1.94. The van der Waals surface area contributed by atoms with Crippen molar-refractivity contribution in [2.45, 2.75) is 48.0 Å². The van der Waals surface area contributed by atoms with Gasteiger partial charge in [-0.25, -0.2) is 12.8 Å². The number of halogens is 4. The fraction of sp³-hybridized carbons (Fsp3) is 0.571. The van der Waals surface area contributed by atoms with E-state index in [-0.39, 0.29) is 12.8 Å². The fourth-order valence-electron chi connectivity index (χ4n) is 3.61. The van der Waals surface area contributed by atoms with Crippen molar-refractivity contribution in [3.8, 4) is 0 Å². The monoisotopic (exact) mass is 338 g/mol. The molecule has 22 heavy (non-hydrogen) atoms. The van der Waals surface area contributed by atoms with Crippen molar-refractivity contribution in [2.75, 3.05) is 0 Å². The van der Waals surface area contributed by atoms with Crippen LogP contribution in [0, 0.1) is 5.82 Å². The maximum absolute atomic E-state index is 13.4. The van der Waals surface area contributed by atoms with Gasteiger partial charge in [-0.15, -0.1) is 0 Å². The fourth-order valence-corrected chi connectivity index (χ4v) is 6.10. The third-order valence-electron chi connectivity index (χ3n) is 4.66. The van der Waals surface area contributed by atoms with Crippen LogP contribution < -0.4 is 0 Å². The first kappa shape index (κ1) is 15.7. The number of sulfone groups is 1. The highest BCUT2D eigenvalue weighted by atomic mass is 32.2. The SMILES string of the molecule is O=S1(=O)C2CCC1CC(O)(c1cc(F)ccc1C(F)(F)F)C2. The van der Waals surface area contributed by atoms with E-state index in [1.54, 1.807) is 0 Å². The van der Waals surface area contributed by atoms with Crippen LogP contribution in [0.4, 0.5) is 17.6 Å². The number of aliphatic hydroxyl groups is 1. The van der Waals surface area contributed by atoms with Gasteiger partial charge in [-0.1, -0.05) is 0 Å². The zero-order valence-electron chi connectivity index (χ0n) is 11.4. The molecule has 3 rings (SSSR count). The van der Waals surface area contributed by atoms with Crippen LogP contribution >= 0.6 is 0 Å². The van der Waals surface area contributed by atoms with E-state index >= 15 is 0 Å². The van der Waals surface area contributed by atoms with E-state index in [9.17, 15) is 31.1 Å². The Morgan fingerprint density at radius 1 is 1.14 bits per heavy atom. The Morgan fingerprint density at radius 2 is 1.68 bits per heavy atom. The Bertz CT molecular complexity index is 691. The molecule has 0 aliphatic carbocycles. The molecule has 0 radical (unpaired) electrons. The third-order valence-corrected chi connectivity index (χ3v) is 7.32. The van der Waals surface area contributed by atoms with Crippen LogP contribution in [0.2, 0.25) is 0 Å². The van der Waals surface area contributed by atoms with Crippen molar-refractivity contribution in [2.24, 2.45) is 0 Å². The summed E-state index contributed by atoms with van der Waals surface area (Å²) in [7, 11) is -3.40. The molecule has 122 valence electrons. The lowest BCUT2D eigenvalue weighted by Gasteiger charge is -2.37. The minimum atomic E-state index is -4.74. The number of hydrogen-bond acceptors (Lipinski definition) is 3. The normalized spacial score (nSPS) is 33.9. The van der Waals surface area contributed by atoms with Crippen LogP contribution in [0.5, 0.6) is 0 Å².